The zero-order chi connectivity index (χ0) is 14.0. The number of nitro benzene ring substituents is 1. The van der Waals surface area contributed by atoms with Crippen molar-refractivity contribution in [2.45, 2.75) is 6.92 Å². The number of aromatic nitrogens is 3. The highest BCUT2D eigenvalue weighted by Gasteiger charge is 2.17. The largest absolute Gasteiger partial charge is 0.417 e. The van der Waals surface area contributed by atoms with Crippen LogP contribution in [-0.4, -0.2) is 19.9 Å². The molecule has 0 bridgehead atoms. The van der Waals surface area contributed by atoms with E-state index in [2.05, 4.69) is 15.0 Å². The number of rotatable bonds is 3. The Hall–Kier alpha value is -1.99. The van der Waals surface area contributed by atoms with Crippen LogP contribution in [0.1, 0.15) is 5.56 Å². The van der Waals surface area contributed by atoms with Crippen LogP contribution in [0.5, 0.6) is 11.8 Å². The smallest absolute Gasteiger partial charge is 0.327 e. The lowest BCUT2D eigenvalue weighted by molar-refractivity contribution is -0.385. The third-order valence-electron chi connectivity index (χ3n) is 2.07. The highest BCUT2D eigenvalue weighted by atomic mass is 35.5. The number of nitrogens with zero attached hydrogens (tertiary/aromatic N) is 4. The molecule has 2 rings (SSSR count). The molecule has 0 unspecified atom stereocenters. The van der Waals surface area contributed by atoms with E-state index in [1.54, 1.807) is 13.0 Å². The lowest BCUT2D eigenvalue weighted by Crippen LogP contribution is -1.98. The van der Waals surface area contributed by atoms with Gasteiger partial charge in [-0.25, -0.2) is 0 Å². The van der Waals surface area contributed by atoms with Crippen molar-refractivity contribution in [1.29, 1.82) is 0 Å². The van der Waals surface area contributed by atoms with Crippen molar-refractivity contribution in [2.75, 3.05) is 0 Å². The Labute approximate surface area is 117 Å². The summed E-state index contributed by atoms with van der Waals surface area (Å²) >= 11 is 11.2. The Morgan fingerprint density at radius 2 is 1.84 bits per heavy atom. The van der Waals surface area contributed by atoms with Crippen molar-refractivity contribution in [3.63, 3.8) is 0 Å². The van der Waals surface area contributed by atoms with Gasteiger partial charge in [0.15, 0.2) is 0 Å². The molecule has 2 aromatic rings. The molecule has 98 valence electrons. The topological polar surface area (TPSA) is 91.0 Å². The first-order valence-electron chi connectivity index (χ1n) is 4.95. The number of halogens is 2. The molecule has 0 atom stereocenters. The highest BCUT2D eigenvalue weighted by molar-refractivity contribution is 6.31. The van der Waals surface area contributed by atoms with Crippen LogP contribution in [-0.2, 0) is 0 Å². The van der Waals surface area contributed by atoms with Gasteiger partial charge < -0.3 is 4.74 Å². The average Bonchev–Trinajstić information content (AvgIpc) is 2.30. The summed E-state index contributed by atoms with van der Waals surface area (Å²) in [4.78, 5) is 21.2. The van der Waals surface area contributed by atoms with Crippen molar-refractivity contribution in [1.82, 2.24) is 15.0 Å². The minimum absolute atomic E-state index is 0.00562. The normalized spacial score (nSPS) is 10.3. The van der Waals surface area contributed by atoms with Gasteiger partial charge in [-0.3, -0.25) is 10.1 Å². The van der Waals surface area contributed by atoms with Gasteiger partial charge >= 0.3 is 11.7 Å². The fourth-order valence-corrected chi connectivity index (χ4v) is 1.66. The molecule has 1 aromatic heterocycles. The van der Waals surface area contributed by atoms with Gasteiger partial charge in [-0.2, -0.15) is 15.0 Å². The van der Waals surface area contributed by atoms with Gasteiger partial charge in [0, 0.05) is 6.07 Å². The van der Waals surface area contributed by atoms with E-state index in [9.17, 15) is 10.1 Å². The summed E-state index contributed by atoms with van der Waals surface area (Å²) < 4.78 is 5.21. The van der Waals surface area contributed by atoms with Gasteiger partial charge in [-0.15, -0.1) is 0 Å². The van der Waals surface area contributed by atoms with Crippen LogP contribution >= 0.6 is 23.2 Å². The van der Waals surface area contributed by atoms with Gasteiger partial charge in [-0.1, -0.05) is 6.07 Å². The standard InChI is InChI=1S/C10H6Cl2N4O3/c1-5-2-3-7(6(4-5)16(17)18)19-10-14-8(11)13-9(12)15-10/h2-4H,1H3. The van der Waals surface area contributed by atoms with E-state index in [4.69, 9.17) is 27.9 Å². The second-order valence-corrected chi connectivity index (χ2v) is 4.16. The third kappa shape index (κ3) is 3.27. The molecule has 0 saturated carbocycles. The Balaban J connectivity index is 2.40. The molecular weight excluding hydrogens is 295 g/mol. The lowest BCUT2D eigenvalue weighted by Gasteiger charge is -2.05. The summed E-state index contributed by atoms with van der Waals surface area (Å²) in [5, 5.41) is 10.6. The molecule has 0 aliphatic heterocycles. The van der Waals surface area contributed by atoms with Crippen molar-refractivity contribution < 1.29 is 9.66 Å². The van der Waals surface area contributed by atoms with Crippen LogP contribution in [0.3, 0.4) is 0 Å². The summed E-state index contributed by atoms with van der Waals surface area (Å²) in [5.41, 5.74) is 0.526. The molecule has 1 heterocycles. The molecule has 0 N–H and O–H groups in total. The Kier molecular flexibility index (Phi) is 3.77. The van der Waals surface area contributed by atoms with E-state index in [-0.39, 0.29) is 28.0 Å². The molecule has 7 nitrogen and oxygen atoms in total. The van der Waals surface area contributed by atoms with Gasteiger partial charge in [-0.05, 0) is 41.8 Å². The molecular formula is C10H6Cl2N4O3. The first-order valence-corrected chi connectivity index (χ1v) is 5.71. The van der Waals surface area contributed by atoms with Crippen molar-refractivity contribution in [3.8, 4) is 11.8 Å². The highest BCUT2D eigenvalue weighted by Crippen LogP contribution is 2.31. The number of ether oxygens (including phenoxy) is 1. The van der Waals surface area contributed by atoms with Crippen molar-refractivity contribution in [3.05, 3.63) is 44.4 Å². The summed E-state index contributed by atoms with van der Waals surface area (Å²) in [7, 11) is 0. The van der Waals surface area contributed by atoms with Crippen LogP contribution < -0.4 is 4.74 Å². The van der Waals surface area contributed by atoms with Crippen LogP contribution in [0, 0.1) is 17.0 Å². The second-order valence-electron chi connectivity index (χ2n) is 3.49. The predicted molar refractivity (Wildman–Crippen MR) is 67.8 cm³/mol. The average molecular weight is 301 g/mol. The fourth-order valence-electron chi connectivity index (χ4n) is 1.31. The van der Waals surface area contributed by atoms with Gasteiger partial charge in [0.2, 0.25) is 16.3 Å². The minimum atomic E-state index is -0.563. The van der Waals surface area contributed by atoms with Crippen molar-refractivity contribution in [2.24, 2.45) is 0 Å². The fraction of sp³-hybridized carbons (Fsp3) is 0.100. The Morgan fingerprint density at radius 3 is 2.42 bits per heavy atom. The van der Waals surface area contributed by atoms with Crippen molar-refractivity contribution >= 4 is 28.9 Å². The monoisotopic (exact) mass is 300 g/mol. The molecule has 19 heavy (non-hydrogen) atoms. The van der Waals surface area contributed by atoms with E-state index >= 15 is 0 Å². The molecule has 0 fully saturated rings. The summed E-state index contributed by atoms with van der Waals surface area (Å²) in [5.74, 6) is -0.00562. The van der Waals surface area contributed by atoms with Gasteiger partial charge in [0.1, 0.15) is 0 Å². The number of hydrogen-bond acceptors (Lipinski definition) is 6. The Morgan fingerprint density at radius 1 is 1.21 bits per heavy atom. The second kappa shape index (κ2) is 5.33. The van der Waals surface area contributed by atoms with Crippen LogP contribution in [0.4, 0.5) is 5.69 Å². The molecule has 0 aliphatic rings. The number of nitro groups is 1. The molecule has 0 aliphatic carbocycles. The molecule has 0 spiro atoms. The number of aryl methyl sites for hydroxylation is 1. The maximum atomic E-state index is 10.9. The lowest BCUT2D eigenvalue weighted by atomic mass is 10.2. The summed E-state index contributed by atoms with van der Waals surface area (Å²) in [6, 6.07) is 4.27. The maximum Gasteiger partial charge on any atom is 0.327 e. The van der Waals surface area contributed by atoms with Gasteiger partial charge in [0.05, 0.1) is 4.92 Å². The molecule has 0 radical (unpaired) electrons. The zero-order valence-corrected chi connectivity index (χ0v) is 11.0. The first-order chi connectivity index (χ1) is 8.95. The van der Waals surface area contributed by atoms with E-state index in [1.165, 1.54) is 12.1 Å². The van der Waals surface area contributed by atoms with E-state index < -0.39 is 4.92 Å². The zero-order valence-electron chi connectivity index (χ0n) is 9.50. The maximum absolute atomic E-state index is 10.9. The first kappa shape index (κ1) is 13.4. The number of hydrogen-bond donors (Lipinski definition) is 0. The van der Waals surface area contributed by atoms with Gasteiger partial charge in [0.25, 0.3) is 0 Å². The molecule has 0 saturated heterocycles. The van der Waals surface area contributed by atoms with E-state index in [0.717, 1.165) is 5.56 Å². The number of benzene rings is 1. The van der Waals surface area contributed by atoms with E-state index in [0.29, 0.717) is 0 Å². The van der Waals surface area contributed by atoms with E-state index in [1.807, 2.05) is 0 Å². The molecule has 1 aromatic carbocycles. The Bertz CT molecular complexity index is 630. The SMILES string of the molecule is Cc1ccc(Oc2nc(Cl)nc(Cl)n2)c([N+](=O)[O-])c1. The summed E-state index contributed by atoms with van der Waals surface area (Å²) in [6.07, 6.45) is 0. The quantitative estimate of drug-likeness (QED) is 0.638. The predicted octanol–water partition coefficient (Wildman–Crippen LogP) is 3.19. The molecule has 9 heteroatoms. The van der Waals surface area contributed by atoms with Crippen LogP contribution in [0.25, 0.3) is 0 Å². The summed E-state index contributed by atoms with van der Waals surface area (Å²) in [6.45, 7) is 1.73. The van der Waals surface area contributed by atoms with Crippen LogP contribution in [0.15, 0.2) is 18.2 Å². The molecule has 0 amide bonds. The minimum Gasteiger partial charge on any atom is -0.417 e. The third-order valence-corrected chi connectivity index (χ3v) is 2.41. The van der Waals surface area contributed by atoms with Crippen LogP contribution in [0.2, 0.25) is 10.6 Å².